The van der Waals surface area contributed by atoms with Crippen LogP contribution in [0.25, 0.3) is 16.5 Å². The molecule has 210 valence electrons. The summed E-state index contributed by atoms with van der Waals surface area (Å²) >= 11 is 1.27. The highest BCUT2D eigenvalue weighted by Gasteiger charge is 2.34. The number of carbonyl (C=O) groups excluding carboxylic acids is 3. The number of para-hydroxylation sites is 1. The molecular formula is C30H30N6O4S. The number of amides is 3. The Morgan fingerprint density at radius 1 is 0.902 bits per heavy atom. The maximum atomic E-state index is 13.5. The van der Waals surface area contributed by atoms with Gasteiger partial charge in [-0.05, 0) is 42.6 Å². The zero-order valence-electron chi connectivity index (χ0n) is 22.5. The van der Waals surface area contributed by atoms with E-state index in [9.17, 15) is 14.4 Å². The number of aromatic nitrogens is 3. The van der Waals surface area contributed by atoms with Gasteiger partial charge in [0.05, 0.1) is 25.5 Å². The number of rotatable bonds is 10. The first-order valence-electron chi connectivity index (χ1n) is 13.7. The van der Waals surface area contributed by atoms with Gasteiger partial charge < -0.3 is 10.1 Å². The normalized spacial score (nSPS) is 15.5. The van der Waals surface area contributed by atoms with Gasteiger partial charge in [0.2, 0.25) is 5.91 Å². The van der Waals surface area contributed by atoms with Crippen molar-refractivity contribution in [2.45, 2.75) is 18.1 Å². The summed E-state index contributed by atoms with van der Waals surface area (Å²) in [7, 11) is 0. The van der Waals surface area contributed by atoms with Crippen LogP contribution in [-0.2, 0) is 16.1 Å². The van der Waals surface area contributed by atoms with Crippen molar-refractivity contribution in [3.05, 3.63) is 83.7 Å². The van der Waals surface area contributed by atoms with Gasteiger partial charge >= 0.3 is 0 Å². The molecule has 2 aliphatic heterocycles. The molecule has 0 atom stereocenters. The zero-order valence-corrected chi connectivity index (χ0v) is 23.3. The molecule has 0 saturated carbocycles. The highest BCUT2D eigenvalue weighted by Crippen LogP contribution is 2.31. The number of imide groups is 1. The maximum absolute atomic E-state index is 13.5. The van der Waals surface area contributed by atoms with Crippen molar-refractivity contribution in [2.75, 3.05) is 45.1 Å². The first-order valence-corrected chi connectivity index (χ1v) is 14.7. The fourth-order valence-corrected chi connectivity index (χ4v) is 6.04. The lowest BCUT2D eigenvalue weighted by Gasteiger charge is -2.27. The lowest BCUT2D eigenvalue weighted by Crippen LogP contribution is -2.40. The minimum atomic E-state index is -0.368. The third kappa shape index (κ3) is 5.74. The van der Waals surface area contributed by atoms with E-state index in [2.05, 4.69) is 20.4 Å². The first kappa shape index (κ1) is 27.1. The predicted octanol–water partition coefficient (Wildman–Crippen LogP) is 3.15. The van der Waals surface area contributed by atoms with Gasteiger partial charge in [-0.1, -0.05) is 54.2 Å². The number of thioether (sulfide) groups is 1. The maximum Gasteiger partial charge on any atom is 0.261 e. The molecule has 4 aromatic rings. The molecule has 0 spiro atoms. The van der Waals surface area contributed by atoms with Crippen molar-refractivity contribution in [3.63, 3.8) is 0 Å². The summed E-state index contributed by atoms with van der Waals surface area (Å²) in [6, 6.07) is 20.4. The summed E-state index contributed by atoms with van der Waals surface area (Å²) in [5.41, 5.74) is 1.76. The van der Waals surface area contributed by atoms with E-state index in [0.717, 1.165) is 50.3 Å². The smallest absolute Gasteiger partial charge is 0.261 e. The van der Waals surface area contributed by atoms with Gasteiger partial charge in [0, 0.05) is 41.8 Å². The van der Waals surface area contributed by atoms with Crippen LogP contribution < -0.4 is 5.32 Å². The fourth-order valence-electron chi connectivity index (χ4n) is 5.23. The molecule has 6 rings (SSSR count). The average Bonchev–Trinajstić information content (AvgIpc) is 3.42. The van der Waals surface area contributed by atoms with Crippen LogP contribution in [0.2, 0.25) is 0 Å². The molecule has 3 amide bonds. The Hall–Kier alpha value is -4.06. The van der Waals surface area contributed by atoms with Crippen LogP contribution >= 0.6 is 11.8 Å². The number of nitrogens with zero attached hydrogens (tertiary/aromatic N) is 5. The van der Waals surface area contributed by atoms with E-state index in [4.69, 9.17) is 4.74 Å². The van der Waals surface area contributed by atoms with Crippen molar-refractivity contribution in [1.82, 2.24) is 29.9 Å². The SMILES string of the molecule is O=C(CSc1nnc(CN2C(=O)c3cccc4cccc(c34)C2=O)n1-c1ccccc1)NCCCN1CCOCC1. The Bertz CT molecular complexity index is 1530. The van der Waals surface area contributed by atoms with E-state index in [1.54, 1.807) is 16.7 Å². The van der Waals surface area contributed by atoms with Gasteiger partial charge in [0.15, 0.2) is 11.0 Å². The number of hydrogen-bond donors (Lipinski definition) is 1. The van der Waals surface area contributed by atoms with E-state index in [1.165, 1.54) is 16.7 Å². The molecule has 1 N–H and O–H groups in total. The topological polar surface area (TPSA) is 110 Å². The van der Waals surface area contributed by atoms with Gasteiger partial charge in [-0.15, -0.1) is 10.2 Å². The molecule has 1 saturated heterocycles. The molecule has 3 aromatic carbocycles. The van der Waals surface area contributed by atoms with Gasteiger partial charge in [-0.25, -0.2) is 0 Å². The Labute approximate surface area is 241 Å². The third-order valence-corrected chi connectivity index (χ3v) is 8.21. The molecule has 10 nitrogen and oxygen atoms in total. The minimum Gasteiger partial charge on any atom is -0.379 e. The predicted molar refractivity (Wildman–Crippen MR) is 155 cm³/mol. The molecule has 2 aliphatic rings. The molecule has 0 aliphatic carbocycles. The summed E-state index contributed by atoms with van der Waals surface area (Å²) < 4.78 is 7.18. The number of ether oxygens (including phenoxy) is 1. The van der Waals surface area contributed by atoms with E-state index < -0.39 is 0 Å². The fraction of sp³-hybridized carbons (Fsp3) is 0.300. The van der Waals surface area contributed by atoms with E-state index in [1.807, 2.05) is 54.6 Å². The summed E-state index contributed by atoms with van der Waals surface area (Å²) in [5, 5.41) is 13.7. The molecule has 0 radical (unpaired) electrons. The molecule has 1 aromatic heterocycles. The summed E-state index contributed by atoms with van der Waals surface area (Å²) in [6.07, 6.45) is 0.871. The molecule has 3 heterocycles. The summed E-state index contributed by atoms with van der Waals surface area (Å²) in [6.45, 7) is 4.85. The number of hydrogen-bond acceptors (Lipinski definition) is 8. The largest absolute Gasteiger partial charge is 0.379 e. The average molecular weight is 571 g/mol. The Morgan fingerprint density at radius 3 is 2.32 bits per heavy atom. The van der Waals surface area contributed by atoms with Crippen molar-refractivity contribution < 1.29 is 19.1 Å². The minimum absolute atomic E-state index is 0.0570. The van der Waals surface area contributed by atoms with E-state index in [0.29, 0.717) is 34.0 Å². The van der Waals surface area contributed by atoms with Crippen LogP contribution in [0.1, 0.15) is 33.0 Å². The Kier molecular flexibility index (Phi) is 8.08. The monoisotopic (exact) mass is 570 g/mol. The number of nitrogens with one attached hydrogen (secondary N) is 1. The van der Waals surface area contributed by atoms with Crippen LogP contribution in [0.15, 0.2) is 71.9 Å². The first-order chi connectivity index (χ1) is 20.1. The quantitative estimate of drug-likeness (QED) is 0.176. The molecule has 11 heteroatoms. The standard InChI is InChI=1S/C30H30N6O4S/c37-26(31-13-6-14-34-15-17-40-18-16-34)20-41-30-33-32-25(36(30)22-9-2-1-3-10-22)19-35-28(38)23-11-4-7-21-8-5-12-24(27(21)23)29(35)39/h1-5,7-12H,6,13-20H2,(H,31,37). The van der Waals surface area contributed by atoms with Gasteiger partial charge in [-0.2, -0.15) is 0 Å². The molecule has 0 unspecified atom stereocenters. The summed E-state index contributed by atoms with van der Waals surface area (Å²) in [4.78, 5) is 43.2. The highest BCUT2D eigenvalue weighted by molar-refractivity contribution is 7.99. The van der Waals surface area contributed by atoms with E-state index in [-0.39, 0.29) is 30.0 Å². The molecule has 1 fully saturated rings. The van der Waals surface area contributed by atoms with Crippen LogP contribution in [0.4, 0.5) is 0 Å². The third-order valence-electron chi connectivity index (χ3n) is 7.28. The zero-order chi connectivity index (χ0) is 28.2. The highest BCUT2D eigenvalue weighted by atomic mass is 32.2. The van der Waals surface area contributed by atoms with Crippen molar-refractivity contribution in [1.29, 1.82) is 0 Å². The lowest BCUT2D eigenvalue weighted by atomic mass is 9.94. The molecular weight excluding hydrogens is 540 g/mol. The van der Waals surface area contributed by atoms with Crippen LogP contribution in [0.3, 0.4) is 0 Å². The Balaban J connectivity index is 1.16. The molecule has 41 heavy (non-hydrogen) atoms. The second-order valence-electron chi connectivity index (χ2n) is 9.92. The lowest BCUT2D eigenvalue weighted by molar-refractivity contribution is -0.118. The van der Waals surface area contributed by atoms with Gasteiger partial charge in [0.25, 0.3) is 11.8 Å². The van der Waals surface area contributed by atoms with Crippen LogP contribution in [-0.4, -0.2) is 87.4 Å². The van der Waals surface area contributed by atoms with Crippen LogP contribution in [0, 0.1) is 0 Å². The van der Waals surface area contributed by atoms with Crippen molar-refractivity contribution in [2.24, 2.45) is 0 Å². The van der Waals surface area contributed by atoms with E-state index >= 15 is 0 Å². The number of morpholine rings is 1. The van der Waals surface area contributed by atoms with Crippen molar-refractivity contribution in [3.8, 4) is 5.69 Å². The van der Waals surface area contributed by atoms with Gasteiger partial charge in [-0.3, -0.25) is 28.8 Å². The number of benzene rings is 3. The van der Waals surface area contributed by atoms with Gasteiger partial charge in [0.1, 0.15) is 0 Å². The number of carbonyl (C=O) groups is 3. The second kappa shape index (κ2) is 12.2. The molecule has 0 bridgehead atoms. The van der Waals surface area contributed by atoms with Crippen molar-refractivity contribution >= 4 is 40.3 Å². The Morgan fingerprint density at radius 2 is 1.61 bits per heavy atom. The van der Waals surface area contributed by atoms with Crippen LogP contribution in [0.5, 0.6) is 0 Å². The summed E-state index contributed by atoms with van der Waals surface area (Å²) in [5.74, 6) is -0.232. The second-order valence-corrected chi connectivity index (χ2v) is 10.9.